The Bertz CT molecular complexity index is 967. The van der Waals surface area contributed by atoms with E-state index in [0.29, 0.717) is 11.6 Å². The molecule has 1 fully saturated rings. The summed E-state index contributed by atoms with van der Waals surface area (Å²) >= 11 is 6.22. The molecule has 4 rings (SSSR count). The van der Waals surface area contributed by atoms with E-state index in [9.17, 15) is 0 Å². The van der Waals surface area contributed by atoms with Gasteiger partial charge in [-0.2, -0.15) is 0 Å². The molecule has 3 aromatic carbocycles. The SMILES string of the molecule is Clc1ccccc1COc1ccccc1C=Nc1ccc(N2CCOCC2)cc1. The van der Waals surface area contributed by atoms with Crippen molar-refractivity contribution >= 4 is 29.2 Å². The fourth-order valence-corrected chi connectivity index (χ4v) is 3.40. The van der Waals surface area contributed by atoms with Crippen molar-refractivity contribution in [2.45, 2.75) is 6.61 Å². The van der Waals surface area contributed by atoms with Gasteiger partial charge >= 0.3 is 0 Å². The quantitative estimate of drug-likeness (QED) is 0.506. The molecule has 1 saturated heterocycles. The largest absolute Gasteiger partial charge is 0.488 e. The van der Waals surface area contributed by atoms with Gasteiger partial charge in [0.25, 0.3) is 0 Å². The second-order valence-electron chi connectivity index (χ2n) is 6.79. The lowest BCUT2D eigenvalue weighted by Gasteiger charge is -2.28. The minimum atomic E-state index is 0.415. The van der Waals surface area contributed by atoms with Crippen molar-refractivity contribution in [3.8, 4) is 5.75 Å². The van der Waals surface area contributed by atoms with E-state index >= 15 is 0 Å². The van der Waals surface area contributed by atoms with Gasteiger partial charge in [0.15, 0.2) is 0 Å². The standard InChI is InChI=1S/C24H23ClN2O2/c25-23-7-3-1-6-20(23)18-29-24-8-4-2-5-19(24)17-26-21-9-11-22(12-10-21)27-13-15-28-16-14-27/h1-12,17H,13-16,18H2. The van der Waals surface area contributed by atoms with Crippen LogP contribution in [-0.2, 0) is 11.3 Å². The first-order chi connectivity index (χ1) is 14.3. The predicted molar refractivity (Wildman–Crippen MR) is 119 cm³/mol. The lowest BCUT2D eigenvalue weighted by molar-refractivity contribution is 0.122. The van der Waals surface area contributed by atoms with Gasteiger partial charge in [0.2, 0.25) is 0 Å². The zero-order valence-electron chi connectivity index (χ0n) is 16.1. The van der Waals surface area contributed by atoms with Crippen LogP contribution in [0.1, 0.15) is 11.1 Å². The van der Waals surface area contributed by atoms with Crippen LogP contribution in [0.4, 0.5) is 11.4 Å². The molecular formula is C24H23ClN2O2. The molecule has 0 N–H and O–H groups in total. The summed E-state index contributed by atoms with van der Waals surface area (Å²) in [4.78, 5) is 6.95. The molecule has 29 heavy (non-hydrogen) atoms. The second kappa shape index (κ2) is 9.59. The molecule has 5 heteroatoms. The van der Waals surface area contributed by atoms with Gasteiger partial charge in [0.05, 0.1) is 18.9 Å². The Labute approximate surface area is 176 Å². The van der Waals surface area contributed by atoms with Crippen LogP contribution in [0.3, 0.4) is 0 Å². The molecular weight excluding hydrogens is 384 g/mol. The van der Waals surface area contributed by atoms with Crippen LogP contribution >= 0.6 is 11.6 Å². The molecule has 3 aromatic rings. The van der Waals surface area contributed by atoms with Gasteiger partial charge in [-0.3, -0.25) is 4.99 Å². The van der Waals surface area contributed by atoms with E-state index in [1.807, 2.05) is 66.9 Å². The molecule has 1 aliphatic heterocycles. The summed E-state index contributed by atoms with van der Waals surface area (Å²) in [6.07, 6.45) is 1.84. The maximum Gasteiger partial charge on any atom is 0.128 e. The van der Waals surface area contributed by atoms with E-state index < -0.39 is 0 Å². The van der Waals surface area contributed by atoms with Crippen LogP contribution < -0.4 is 9.64 Å². The van der Waals surface area contributed by atoms with E-state index in [2.05, 4.69) is 22.0 Å². The first-order valence-electron chi connectivity index (χ1n) is 9.72. The van der Waals surface area contributed by atoms with Crippen LogP contribution in [-0.4, -0.2) is 32.5 Å². The Hall–Kier alpha value is -2.82. The van der Waals surface area contributed by atoms with Gasteiger partial charge in [0, 0.05) is 41.1 Å². The molecule has 0 radical (unpaired) electrons. The lowest BCUT2D eigenvalue weighted by atomic mass is 10.2. The van der Waals surface area contributed by atoms with Crippen LogP contribution in [0.2, 0.25) is 5.02 Å². The minimum Gasteiger partial charge on any atom is -0.488 e. The maximum absolute atomic E-state index is 6.22. The van der Waals surface area contributed by atoms with Crippen molar-refractivity contribution in [1.29, 1.82) is 0 Å². The van der Waals surface area contributed by atoms with Crippen molar-refractivity contribution < 1.29 is 9.47 Å². The zero-order valence-corrected chi connectivity index (χ0v) is 16.9. The van der Waals surface area contributed by atoms with E-state index in [-0.39, 0.29) is 0 Å². The van der Waals surface area contributed by atoms with Gasteiger partial charge in [-0.25, -0.2) is 0 Å². The number of anilines is 1. The molecule has 0 aliphatic carbocycles. The van der Waals surface area contributed by atoms with E-state index in [1.165, 1.54) is 5.69 Å². The van der Waals surface area contributed by atoms with Crippen molar-refractivity contribution in [2.24, 2.45) is 4.99 Å². The Balaban J connectivity index is 1.43. The van der Waals surface area contributed by atoms with Gasteiger partial charge in [-0.15, -0.1) is 0 Å². The summed E-state index contributed by atoms with van der Waals surface area (Å²) in [6.45, 7) is 3.84. The monoisotopic (exact) mass is 406 g/mol. The molecule has 1 heterocycles. The molecule has 0 bridgehead atoms. The third-order valence-electron chi connectivity index (χ3n) is 4.84. The normalized spacial score (nSPS) is 14.3. The van der Waals surface area contributed by atoms with E-state index in [4.69, 9.17) is 21.1 Å². The fraction of sp³-hybridized carbons (Fsp3) is 0.208. The third-order valence-corrected chi connectivity index (χ3v) is 5.21. The van der Waals surface area contributed by atoms with Crippen LogP contribution in [0.15, 0.2) is 77.8 Å². The van der Waals surface area contributed by atoms with Crippen LogP contribution in [0.5, 0.6) is 5.75 Å². The Morgan fingerprint density at radius 1 is 0.931 bits per heavy atom. The minimum absolute atomic E-state index is 0.415. The number of benzene rings is 3. The second-order valence-corrected chi connectivity index (χ2v) is 7.20. The molecule has 4 nitrogen and oxygen atoms in total. The smallest absolute Gasteiger partial charge is 0.128 e. The highest BCUT2D eigenvalue weighted by Gasteiger charge is 2.10. The molecule has 0 amide bonds. The Morgan fingerprint density at radius 3 is 2.45 bits per heavy atom. The predicted octanol–water partition coefficient (Wildman–Crippen LogP) is 5.51. The zero-order chi connectivity index (χ0) is 19.9. The molecule has 0 saturated carbocycles. The molecule has 0 atom stereocenters. The van der Waals surface area contributed by atoms with Gasteiger partial charge in [-0.05, 0) is 42.5 Å². The van der Waals surface area contributed by atoms with Crippen molar-refractivity contribution in [3.63, 3.8) is 0 Å². The lowest BCUT2D eigenvalue weighted by Crippen LogP contribution is -2.36. The molecule has 0 spiro atoms. The fourth-order valence-electron chi connectivity index (χ4n) is 3.20. The number of ether oxygens (including phenoxy) is 2. The topological polar surface area (TPSA) is 34.1 Å². The molecule has 0 unspecified atom stereocenters. The first kappa shape index (κ1) is 19.5. The summed E-state index contributed by atoms with van der Waals surface area (Å²) in [6, 6.07) is 23.9. The number of para-hydroxylation sites is 1. The Kier molecular flexibility index (Phi) is 6.45. The highest BCUT2D eigenvalue weighted by Crippen LogP contribution is 2.23. The number of halogens is 1. The average molecular weight is 407 g/mol. The number of aliphatic imine (C=N–C) groups is 1. The molecule has 148 valence electrons. The summed E-state index contributed by atoms with van der Waals surface area (Å²) in [7, 11) is 0. The van der Waals surface area contributed by atoms with Crippen molar-refractivity contribution in [2.75, 3.05) is 31.2 Å². The van der Waals surface area contributed by atoms with Gasteiger partial charge in [-0.1, -0.05) is 41.9 Å². The number of morpholine rings is 1. The number of rotatable bonds is 6. The first-order valence-corrected chi connectivity index (χ1v) is 10.1. The third kappa shape index (κ3) is 5.17. The van der Waals surface area contributed by atoms with Crippen molar-refractivity contribution in [3.05, 3.63) is 88.9 Å². The highest BCUT2D eigenvalue weighted by molar-refractivity contribution is 6.31. The summed E-state index contributed by atoms with van der Waals surface area (Å²) in [5.74, 6) is 0.779. The summed E-state index contributed by atoms with van der Waals surface area (Å²) in [5, 5.41) is 0.707. The van der Waals surface area contributed by atoms with Gasteiger partial charge in [0.1, 0.15) is 12.4 Å². The number of hydrogen-bond donors (Lipinski definition) is 0. The summed E-state index contributed by atoms with van der Waals surface area (Å²) < 4.78 is 11.4. The number of hydrogen-bond acceptors (Lipinski definition) is 4. The number of nitrogens with zero attached hydrogens (tertiary/aromatic N) is 2. The van der Waals surface area contributed by atoms with E-state index in [1.54, 1.807) is 0 Å². The van der Waals surface area contributed by atoms with Crippen molar-refractivity contribution in [1.82, 2.24) is 0 Å². The maximum atomic E-state index is 6.22. The molecule has 1 aliphatic rings. The highest BCUT2D eigenvalue weighted by atomic mass is 35.5. The average Bonchev–Trinajstić information content (AvgIpc) is 2.79. The van der Waals surface area contributed by atoms with Crippen LogP contribution in [0, 0.1) is 0 Å². The van der Waals surface area contributed by atoms with Gasteiger partial charge < -0.3 is 14.4 Å². The van der Waals surface area contributed by atoms with E-state index in [0.717, 1.165) is 48.9 Å². The summed E-state index contributed by atoms with van der Waals surface area (Å²) in [5.41, 5.74) is 4.00. The van der Waals surface area contributed by atoms with Crippen LogP contribution in [0.25, 0.3) is 0 Å². The molecule has 0 aromatic heterocycles. The Morgan fingerprint density at radius 2 is 1.66 bits per heavy atom.